The van der Waals surface area contributed by atoms with Crippen molar-refractivity contribution < 1.29 is 13.9 Å². The molecule has 1 heterocycles. The van der Waals surface area contributed by atoms with Crippen molar-refractivity contribution in [2.45, 2.75) is 20.0 Å². The summed E-state index contributed by atoms with van der Waals surface area (Å²) in [7, 11) is 0. The van der Waals surface area contributed by atoms with Crippen molar-refractivity contribution in [3.8, 4) is 0 Å². The minimum Gasteiger partial charge on any atom is -0.463 e. The van der Waals surface area contributed by atoms with Gasteiger partial charge in [0.1, 0.15) is 23.4 Å². The summed E-state index contributed by atoms with van der Waals surface area (Å²) in [4.78, 5) is 0. The molecule has 0 spiro atoms. The number of hydrogen-bond acceptors (Lipinski definition) is 2. The van der Waals surface area contributed by atoms with Gasteiger partial charge in [0, 0.05) is 10.6 Å². The summed E-state index contributed by atoms with van der Waals surface area (Å²) >= 11 is 5.91. The fourth-order valence-electron chi connectivity index (χ4n) is 1.64. The minimum absolute atomic E-state index is 0.189. The van der Waals surface area contributed by atoms with E-state index < -0.39 is 6.10 Å². The van der Waals surface area contributed by atoms with Crippen LogP contribution in [0.4, 0.5) is 4.39 Å². The van der Waals surface area contributed by atoms with Gasteiger partial charge in [-0.15, -0.1) is 0 Å². The largest absolute Gasteiger partial charge is 0.463 e. The Balaban J connectivity index is 2.43. The van der Waals surface area contributed by atoms with Crippen LogP contribution >= 0.6 is 11.6 Å². The summed E-state index contributed by atoms with van der Waals surface area (Å²) in [5, 5.41) is 10.3. The first kappa shape index (κ1) is 12.1. The van der Waals surface area contributed by atoms with Gasteiger partial charge in [0.15, 0.2) is 0 Å². The van der Waals surface area contributed by atoms with Crippen LogP contribution in [0.1, 0.15) is 28.8 Å². The maximum Gasteiger partial charge on any atom is 0.138 e. The fraction of sp³-hybridized carbons (Fsp3) is 0.231. The van der Waals surface area contributed by atoms with Crippen molar-refractivity contribution in [3.05, 3.63) is 57.8 Å². The molecule has 2 nitrogen and oxygen atoms in total. The normalized spacial score (nSPS) is 12.8. The van der Waals surface area contributed by atoms with E-state index in [1.807, 2.05) is 0 Å². The van der Waals surface area contributed by atoms with Crippen LogP contribution in [-0.4, -0.2) is 5.11 Å². The number of furan rings is 1. The van der Waals surface area contributed by atoms with Gasteiger partial charge in [-0.05, 0) is 43.7 Å². The van der Waals surface area contributed by atoms with Crippen LogP contribution in [-0.2, 0) is 0 Å². The van der Waals surface area contributed by atoms with Crippen LogP contribution in [0.2, 0.25) is 5.02 Å². The van der Waals surface area contributed by atoms with Gasteiger partial charge >= 0.3 is 0 Å². The fourth-order valence-corrected chi connectivity index (χ4v) is 1.90. The molecule has 1 aromatic heterocycles. The van der Waals surface area contributed by atoms with Gasteiger partial charge in [-0.1, -0.05) is 11.6 Å². The van der Waals surface area contributed by atoms with Gasteiger partial charge in [0.25, 0.3) is 0 Å². The van der Waals surface area contributed by atoms with E-state index in [0.717, 1.165) is 0 Å². The van der Waals surface area contributed by atoms with E-state index in [0.29, 0.717) is 22.6 Å². The Morgan fingerprint density at radius 1 is 1.29 bits per heavy atom. The average Bonchev–Trinajstić information content (AvgIpc) is 2.69. The third-order valence-electron chi connectivity index (χ3n) is 2.60. The lowest BCUT2D eigenvalue weighted by molar-refractivity contribution is 0.187. The predicted octanol–water partition coefficient (Wildman–Crippen LogP) is 3.77. The molecule has 2 rings (SSSR count). The van der Waals surface area contributed by atoms with E-state index >= 15 is 0 Å². The summed E-state index contributed by atoms with van der Waals surface area (Å²) in [6, 6.07) is 6.16. The van der Waals surface area contributed by atoms with Crippen LogP contribution < -0.4 is 0 Å². The molecule has 1 aromatic carbocycles. The van der Waals surface area contributed by atoms with Gasteiger partial charge in [0.2, 0.25) is 0 Å². The van der Waals surface area contributed by atoms with Gasteiger partial charge in [0.05, 0.1) is 0 Å². The zero-order chi connectivity index (χ0) is 12.6. The van der Waals surface area contributed by atoms with Crippen LogP contribution in [0, 0.1) is 19.7 Å². The summed E-state index contributed by atoms with van der Waals surface area (Å²) in [5.41, 5.74) is 0.881. The number of hydrogen-bond donors (Lipinski definition) is 1. The Morgan fingerprint density at radius 2 is 2.00 bits per heavy atom. The Bertz CT molecular complexity index is 548. The van der Waals surface area contributed by atoms with Gasteiger partial charge in [-0.2, -0.15) is 0 Å². The lowest BCUT2D eigenvalue weighted by Gasteiger charge is -2.11. The number of aryl methyl sites for hydroxylation is 2. The van der Waals surface area contributed by atoms with E-state index in [1.54, 1.807) is 26.0 Å². The average molecular weight is 255 g/mol. The molecule has 0 saturated heterocycles. The molecule has 0 aliphatic rings. The maximum absolute atomic E-state index is 13.2. The molecule has 4 heteroatoms. The van der Waals surface area contributed by atoms with Crippen molar-refractivity contribution >= 4 is 11.6 Å². The van der Waals surface area contributed by atoms with E-state index in [1.165, 1.54) is 12.1 Å². The van der Waals surface area contributed by atoms with Crippen LogP contribution in [0.15, 0.2) is 28.7 Å². The SMILES string of the molecule is Cc1ccc(C(O)c2cc(C)c(F)cc2Cl)o1. The van der Waals surface area contributed by atoms with E-state index in [-0.39, 0.29) is 10.8 Å². The topological polar surface area (TPSA) is 33.4 Å². The molecule has 17 heavy (non-hydrogen) atoms. The van der Waals surface area contributed by atoms with E-state index in [2.05, 4.69) is 0 Å². The molecule has 0 aliphatic carbocycles. The lowest BCUT2D eigenvalue weighted by Crippen LogP contribution is -2.00. The van der Waals surface area contributed by atoms with Crippen molar-refractivity contribution in [1.82, 2.24) is 0 Å². The molecular formula is C13H12ClFO2. The third-order valence-corrected chi connectivity index (χ3v) is 2.93. The van der Waals surface area contributed by atoms with Gasteiger partial charge in [-0.25, -0.2) is 4.39 Å². The molecule has 1 unspecified atom stereocenters. The Morgan fingerprint density at radius 3 is 2.59 bits per heavy atom. The molecule has 1 N–H and O–H groups in total. The number of aliphatic hydroxyl groups excluding tert-OH is 1. The van der Waals surface area contributed by atoms with Gasteiger partial charge < -0.3 is 9.52 Å². The van der Waals surface area contributed by atoms with Crippen molar-refractivity contribution in [1.29, 1.82) is 0 Å². The first-order chi connectivity index (χ1) is 7.99. The predicted molar refractivity (Wildman–Crippen MR) is 63.7 cm³/mol. The zero-order valence-electron chi connectivity index (χ0n) is 9.50. The van der Waals surface area contributed by atoms with Crippen molar-refractivity contribution in [3.63, 3.8) is 0 Å². The second-order valence-electron chi connectivity index (χ2n) is 3.97. The number of aliphatic hydroxyl groups is 1. The van der Waals surface area contributed by atoms with E-state index in [9.17, 15) is 9.50 Å². The lowest BCUT2D eigenvalue weighted by atomic mass is 10.0. The molecule has 0 bridgehead atoms. The zero-order valence-corrected chi connectivity index (χ0v) is 10.3. The highest BCUT2D eigenvalue weighted by Crippen LogP contribution is 2.31. The number of benzene rings is 1. The first-order valence-electron chi connectivity index (χ1n) is 5.19. The summed E-state index contributed by atoms with van der Waals surface area (Å²) in [5.74, 6) is 0.714. The Hall–Kier alpha value is -1.32. The Labute approximate surface area is 104 Å². The monoisotopic (exact) mass is 254 g/mol. The highest BCUT2D eigenvalue weighted by molar-refractivity contribution is 6.31. The van der Waals surface area contributed by atoms with Crippen LogP contribution in [0.3, 0.4) is 0 Å². The molecule has 90 valence electrons. The third kappa shape index (κ3) is 2.35. The number of halogens is 2. The molecule has 0 fully saturated rings. The maximum atomic E-state index is 13.2. The van der Waals surface area contributed by atoms with E-state index in [4.69, 9.17) is 16.0 Å². The standard InChI is InChI=1S/C13H12ClFO2/c1-7-5-9(10(14)6-11(7)15)13(16)12-4-3-8(2)17-12/h3-6,13,16H,1-2H3. The van der Waals surface area contributed by atoms with Gasteiger partial charge in [-0.3, -0.25) is 0 Å². The minimum atomic E-state index is -0.976. The molecule has 0 radical (unpaired) electrons. The quantitative estimate of drug-likeness (QED) is 0.885. The Kier molecular flexibility index (Phi) is 3.22. The molecule has 2 aromatic rings. The van der Waals surface area contributed by atoms with Crippen molar-refractivity contribution in [2.24, 2.45) is 0 Å². The molecule has 0 saturated carbocycles. The second-order valence-corrected chi connectivity index (χ2v) is 4.38. The highest BCUT2D eigenvalue weighted by atomic mass is 35.5. The first-order valence-corrected chi connectivity index (χ1v) is 5.57. The second kappa shape index (κ2) is 4.51. The summed E-state index contributed by atoms with van der Waals surface area (Å²) < 4.78 is 18.6. The smallest absolute Gasteiger partial charge is 0.138 e. The summed E-state index contributed by atoms with van der Waals surface area (Å²) in [6.45, 7) is 3.41. The van der Waals surface area contributed by atoms with Crippen LogP contribution in [0.25, 0.3) is 0 Å². The molecule has 1 atom stereocenters. The molecular weight excluding hydrogens is 243 g/mol. The number of rotatable bonds is 2. The van der Waals surface area contributed by atoms with Crippen LogP contribution in [0.5, 0.6) is 0 Å². The van der Waals surface area contributed by atoms with Crippen molar-refractivity contribution in [2.75, 3.05) is 0 Å². The molecule has 0 aliphatic heterocycles. The highest BCUT2D eigenvalue weighted by Gasteiger charge is 2.18. The molecule has 0 amide bonds. The summed E-state index contributed by atoms with van der Waals surface area (Å²) in [6.07, 6.45) is -0.976.